The molecule has 0 bridgehead atoms. The fourth-order valence-electron chi connectivity index (χ4n) is 2.53. The third-order valence-corrected chi connectivity index (χ3v) is 3.52. The molecule has 0 aliphatic rings. The van der Waals surface area contributed by atoms with Crippen molar-refractivity contribution in [2.45, 2.75) is 39.7 Å². The van der Waals surface area contributed by atoms with Crippen molar-refractivity contribution in [3.8, 4) is 5.75 Å². The van der Waals surface area contributed by atoms with Gasteiger partial charge in [0.25, 0.3) is 0 Å². The van der Waals surface area contributed by atoms with Crippen molar-refractivity contribution in [3.05, 3.63) is 30.0 Å². The molecule has 0 radical (unpaired) electrons. The number of hydrogen-bond acceptors (Lipinski definition) is 2. The molecular weight excluding hydrogens is 236 g/mol. The minimum absolute atomic E-state index is 0.190. The number of fused-ring (bicyclic) bond motifs is 1. The van der Waals surface area contributed by atoms with Gasteiger partial charge in [-0.2, -0.15) is 0 Å². The summed E-state index contributed by atoms with van der Waals surface area (Å²) in [5.74, 6) is 1.82. The highest BCUT2D eigenvalue weighted by Crippen LogP contribution is 2.32. The van der Waals surface area contributed by atoms with Crippen LogP contribution >= 0.6 is 0 Å². The van der Waals surface area contributed by atoms with Gasteiger partial charge in [0.1, 0.15) is 5.75 Å². The third-order valence-electron chi connectivity index (χ3n) is 3.52. The number of nitrogens with two attached hydrogens (primary N) is 1. The largest absolute Gasteiger partial charge is 0.491 e. The number of benzene rings is 1. The van der Waals surface area contributed by atoms with Gasteiger partial charge in [-0.15, -0.1) is 0 Å². The maximum atomic E-state index is 5.93. The maximum absolute atomic E-state index is 5.93. The molecule has 3 nitrogen and oxygen atoms in total. The Labute approximate surface area is 115 Å². The average Bonchev–Trinajstić information content (AvgIpc) is 2.72. The highest BCUT2D eigenvalue weighted by Gasteiger charge is 2.18. The van der Waals surface area contributed by atoms with Crippen LogP contribution in [0.4, 0.5) is 0 Å². The monoisotopic (exact) mass is 260 g/mol. The van der Waals surface area contributed by atoms with Crippen molar-refractivity contribution in [2.75, 3.05) is 6.54 Å². The quantitative estimate of drug-likeness (QED) is 0.862. The molecule has 19 heavy (non-hydrogen) atoms. The molecule has 0 saturated heterocycles. The van der Waals surface area contributed by atoms with Gasteiger partial charge in [0.05, 0.1) is 6.10 Å². The number of rotatable bonds is 5. The molecular formula is C16H24N2O. The Kier molecular flexibility index (Phi) is 4.15. The molecule has 0 aliphatic heterocycles. The van der Waals surface area contributed by atoms with Crippen LogP contribution in [0.15, 0.2) is 24.4 Å². The van der Waals surface area contributed by atoms with Crippen molar-refractivity contribution in [3.63, 3.8) is 0 Å². The predicted octanol–water partition coefficient (Wildman–Crippen LogP) is 3.65. The Balaban J connectivity index is 2.44. The van der Waals surface area contributed by atoms with E-state index in [0.717, 1.165) is 11.3 Å². The lowest BCUT2D eigenvalue weighted by Gasteiger charge is -2.18. The van der Waals surface area contributed by atoms with Crippen LogP contribution in [0.3, 0.4) is 0 Å². The molecule has 0 fully saturated rings. The van der Waals surface area contributed by atoms with E-state index in [1.807, 2.05) is 19.9 Å². The Hall–Kier alpha value is -1.48. The second kappa shape index (κ2) is 5.66. The van der Waals surface area contributed by atoms with Gasteiger partial charge in [-0.05, 0) is 50.1 Å². The summed E-state index contributed by atoms with van der Waals surface area (Å²) in [5, 5.41) is 1.22. The summed E-state index contributed by atoms with van der Waals surface area (Å²) in [4.78, 5) is 3.33. The summed E-state index contributed by atoms with van der Waals surface area (Å²) < 4.78 is 5.78. The van der Waals surface area contributed by atoms with Gasteiger partial charge in [0.15, 0.2) is 0 Å². The first kappa shape index (κ1) is 13.9. The average molecular weight is 260 g/mol. The van der Waals surface area contributed by atoms with Crippen LogP contribution in [0.1, 0.15) is 39.2 Å². The van der Waals surface area contributed by atoms with Crippen molar-refractivity contribution in [1.82, 2.24) is 4.98 Å². The number of nitrogens with one attached hydrogen (secondary N) is 1. The third kappa shape index (κ3) is 2.92. The highest BCUT2D eigenvalue weighted by atomic mass is 16.5. The fraction of sp³-hybridized carbons (Fsp3) is 0.500. The Morgan fingerprint density at radius 1 is 1.21 bits per heavy atom. The lowest BCUT2D eigenvalue weighted by atomic mass is 9.88. The molecule has 104 valence electrons. The van der Waals surface area contributed by atoms with Crippen molar-refractivity contribution >= 4 is 10.9 Å². The Morgan fingerprint density at radius 3 is 2.53 bits per heavy atom. The zero-order valence-electron chi connectivity index (χ0n) is 12.2. The Morgan fingerprint density at radius 2 is 1.95 bits per heavy atom. The summed E-state index contributed by atoms with van der Waals surface area (Å²) in [6.07, 6.45) is 2.27. The first-order chi connectivity index (χ1) is 9.02. The molecule has 3 heteroatoms. The number of H-pyrrole nitrogens is 1. The highest BCUT2D eigenvalue weighted by molar-refractivity contribution is 5.85. The second-order valence-corrected chi connectivity index (χ2v) is 5.70. The SMILES string of the molecule is CC(C)Oc1ccc2[nH]cc(C(CN)C(C)C)c2c1. The molecule has 0 saturated carbocycles. The van der Waals surface area contributed by atoms with Gasteiger partial charge in [0.2, 0.25) is 0 Å². The molecule has 0 amide bonds. The molecule has 1 heterocycles. The minimum atomic E-state index is 0.190. The van der Waals surface area contributed by atoms with Gasteiger partial charge >= 0.3 is 0 Å². The van der Waals surface area contributed by atoms with Crippen LogP contribution in [0, 0.1) is 5.92 Å². The summed E-state index contributed by atoms with van der Waals surface area (Å²) in [7, 11) is 0. The smallest absolute Gasteiger partial charge is 0.120 e. The zero-order valence-corrected chi connectivity index (χ0v) is 12.2. The molecule has 0 aliphatic carbocycles. The van der Waals surface area contributed by atoms with Gasteiger partial charge in [0, 0.05) is 23.0 Å². The van der Waals surface area contributed by atoms with Crippen LogP contribution in [-0.4, -0.2) is 17.6 Å². The van der Waals surface area contributed by atoms with Crippen molar-refractivity contribution < 1.29 is 4.74 Å². The van der Waals surface area contributed by atoms with E-state index in [9.17, 15) is 0 Å². The summed E-state index contributed by atoms with van der Waals surface area (Å²) in [5.41, 5.74) is 8.37. The van der Waals surface area contributed by atoms with E-state index in [-0.39, 0.29) is 6.10 Å². The summed E-state index contributed by atoms with van der Waals surface area (Å²) in [6, 6.07) is 6.20. The number of ether oxygens (including phenoxy) is 1. The standard InChI is InChI=1S/C16H24N2O/c1-10(2)14(8-17)15-9-18-16-6-5-12(7-13(15)16)19-11(3)4/h5-7,9-11,14,18H,8,17H2,1-4H3. The van der Waals surface area contributed by atoms with Gasteiger partial charge in [-0.1, -0.05) is 13.8 Å². The molecule has 1 aromatic carbocycles. The molecule has 1 atom stereocenters. The van der Waals surface area contributed by atoms with Crippen LogP contribution in [0.25, 0.3) is 10.9 Å². The van der Waals surface area contributed by atoms with Crippen molar-refractivity contribution in [2.24, 2.45) is 11.7 Å². The lowest BCUT2D eigenvalue weighted by molar-refractivity contribution is 0.243. The van der Waals surface area contributed by atoms with E-state index in [1.54, 1.807) is 0 Å². The summed E-state index contributed by atoms with van der Waals surface area (Å²) in [6.45, 7) is 9.17. The topological polar surface area (TPSA) is 51.0 Å². The molecule has 2 rings (SSSR count). The van der Waals surface area contributed by atoms with Crippen LogP contribution in [-0.2, 0) is 0 Å². The maximum Gasteiger partial charge on any atom is 0.120 e. The molecule has 1 unspecified atom stereocenters. The number of hydrogen-bond donors (Lipinski definition) is 2. The first-order valence-electron chi connectivity index (χ1n) is 7.00. The first-order valence-corrected chi connectivity index (χ1v) is 7.00. The van der Waals surface area contributed by atoms with E-state index >= 15 is 0 Å². The molecule has 3 N–H and O–H groups in total. The molecule has 2 aromatic rings. The van der Waals surface area contributed by atoms with Crippen LogP contribution < -0.4 is 10.5 Å². The number of aromatic nitrogens is 1. The molecule has 1 aromatic heterocycles. The number of aromatic amines is 1. The van der Waals surface area contributed by atoms with Crippen LogP contribution in [0.5, 0.6) is 5.75 Å². The van der Waals surface area contributed by atoms with E-state index in [4.69, 9.17) is 10.5 Å². The second-order valence-electron chi connectivity index (χ2n) is 5.70. The fourth-order valence-corrected chi connectivity index (χ4v) is 2.53. The summed E-state index contributed by atoms with van der Waals surface area (Å²) >= 11 is 0. The molecule has 0 spiro atoms. The van der Waals surface area contributed by atoms with E-state index in [1.165, 1.54) is 10.9 Å². The Bertz CT molecular complexity index is 543. The van der Waals surface area contributed by atoms with Crippen LogP contribution in [0.2, 0.25) is 0 Å². The predicted molar refractivity (Wildman–Crippen MR) is 80.7 cm³/mol. The normalized spacial score (nSPS) is 13.4. The minimum Gasteiger partial charge on any atom is -0.491 e. The van der Waals surface area contributed by atoms with Crippen molar-refractivity contribution in [1.29, 1.82) is 0 Å². The van der Waals surface area contributed by atoms with E-state index < -0.39 is 0 Å². The van der Waals surface area contributed by atoms with Gasteiger partial charge < -0.3 is 15.5 Å². The van der Waals surface area contributed by atoms with Gasteiger partial charge in [-0.3, -0.25) is 0 Å². The van der Waals surface area contributed by atoms with Gasteiger partial charge in [-0.25, -0.2) is 0 Å². The van der Waals surface area contributed by atoms with E-state index in [2.05, 4.69) is 37.2 Å². The van der Waals surface area contributed by atoms with E-state index in [0.29, 0.717) is 18.4 Å². The zero-order chi connectivity index (χ0) is 14.0. The lowest BCUT2D eigenvalue weighted by Crippen LogP contribution is -2.17.